The summed E-state index contributed by atoms with van der Waals surface area (Å²) >= 11 is 0. The maximum atomic E-state index is 13.1. The summed E-state index contributed by atoms with van der Waals surface area (Å²) in [4.78, 5) is 8.35. The fraction of sp³-hybridized carbons (Fsp3) is 0.167. The van der Waals surface area contributed by atoms with Crippen molar-refractivity contribution in [3.63, 3.8) is 0 Å². The molecule has 0 amide bonds. The molecule has 2 rings (SSSR count). The highest BCUT2D eigenvalue weighted by Gasteiger charge is 2.07. The van der Waals surface area contributed by atoms with Gasteiger partial charge >= 0.3 is 0 Å². The van der Waals surface area contributed by atoms with Gasteiger partial charge in [0, 0.05) is 17.3 Å². The van der Waals surface area contributed by atoms with Crippen LogP contribution in [-0.4, -0.2) is 9.97 Å². The predicted octanol–water partition coefficient (Wildman–Crippen LogP) is 2.48. The van der Waals surface area contributed by atoms with Gasteiger partial charge in [0.05, 0.1) is 0 Å². The molecule has 3 nitrogen and oxygen atoms in total. The van der Waals surface area contributed by atoms with E-state index in [0.717, 1.165) is 11.3 Å². The van der Waals surface area contributed by atoms with Crippen LogP contribution in [0, 0.1) is 19.7 Å². The van der Waals surface area contributed by atoms with E-state index in [4.69, 9.17) is 5.73 Å². The molecule has 1 aromatic heterocycles. The average molecular weight is 217 g/mol. The summed E-state index contributed by atoms with van der Waals surface area (Å²) in [5.41, 5.74) is 8.01. The fourth-order valence-corrected chi connectivity index (χ4v) is 1.55. The van der Waals surface area contributed by atoms with Gasteiger partial charge in [0.15, 0.2) is 5.82 Å². The Morgan fingerprint density at radius 2 is 1.88 bits per heavy atom. The zero-order chi connectivity index (χ0) is 11.7. The van der Waals surface area contributed by atoms with Crippen molar-refractivity contribution in [3.8, 4) is 11.4 Å². The number of halogens is 1. The molecule has 0 aliphatic carbocycles. The van der Waals surface area contributed by atoms with E-state index in [1.807, 2.05) is 13.8 Å². The number of nitrogens with two attached hydrogens (primary N) is 1. The topological polar surface area (TPSA) is 51.8 Å². The summed E-state index contributed by atoms with van der Waals surface area (Å²) in [7, 11) is 0. The van der Waals surface area contributed by atoms with Crippen LogP contribution in [0.25, 0.3) is 11.4 Å². The van der Waals surface area contributed by atoms with E-state index >= 15 is 0 Å². The van der Waals surface area contributed by atoms with Crippen LogP contribution in [-0.2, 0) is 0 Å². The minimum atomic E-state index is -0.302. The van der Waals surface area contributed by atoms with Crippen molar-refractivity contribution in [1.82, 2.24) is 9.97 Å². The Morgan fingerprint density at radius 3 is 2.56 bits per heavy atom. The highest BCUT2D eigenvalue weighted by Crippen LogP contribution is 2.21. The second kappa shape index (κ2) is 3.89. The SMILES string of the molecule is Cc1cc(N)nc(-c2cc(F)ccc2C)n1. The van der Waals surface area contributed by atoms with Gasteiger partial charge in [0.1, 0.15) is 11.6 Å². The number of hydrogen-bond donors (Lipinski definition) is 1. The Hall–Kier alpha value is -1.97. The van der Waals surface area contributed by atoms with Crippen LogP contribution >= 0.6 is 0 Å². The van der Waals surface area contributed by atoms with Crippen LogP contribution in [0.5, 0.6) is 0 Å². The first kappa shape index (κ1) is 10.5. The van der Waals surface area contributed by atoms with Crippen LogP contribution in [0.3, 0.4) is 0 Å². The zero-order valence-corrected chi connectivity index (χ0v) is 9.16. The second-order valence-corrected chi connectivity index (χ2v) is 3.72. The molecule has 82 valence electrons. The number of rotatable bonds is 1. The maximum absolute atomic E-state index is 13.1. The molecule has 0 unspecified atom stereocenters. The summed E-state index contributed by atoms with van der Waals surface area (Å²) in [6, 6.07) is 6.21. The molecule has 4 heteroatoms. The lowest BCUT2D eigenvalue weighted by molar-refractivity contribution is 0.627. The molecule has 2 aromatic rings. The van der Waals surface area contributed by atoms with Gasteiger partial charge in [-0.2, -0.15) is 0 Å². The van der Waals surface area contributed by atoms with Gasteiger partial charge in [-0.3, -0.25) is 0 Å². The first-order chi connectivity index (χ1) is 7.56. The molecule has 0 fully saturated rings. The number of nitrogens with zero attached hydrogens (tertiary/aromatic N) is 2. The molecule has 0 saturated carbocycles. The Balaban J connectivity index is 2.62. The molecule has 0 saturated heterocycles. The van der Waals surface area contributed by atoms with Crippen molar-refractivity contribution in [2.75, 3.05) is 5.73 Å². The van der Waals surface area contributed by atoms with E-state index in [1.54, 1.807) is 12.1 Å². The first-order valence-electron chi connectivity index (χ1n) is 4.94. The Morgan fingerprint density at radius 1 is 1.12 bits per heavy atom. The highest BCUT2D eigenvalue weighted by molar-refractivity contribution is 5.61. The number of aryl methyl sites for hydroxylation is 2. The monoisotopic (exact) mass is 217 g/mol. The fourth-order valence-electron chi connectivity index (χ4n) is 1.55. The molecule has 0 spiro atoms. The smallest absolute Gasteiger partial charge is 0.162 e. The van der Waals surface area contributed by atoms with E-state index in [2.05, 4.69) is 9.97 Å². The summed E-state index contributed by atoms with van der Waals surface area (Å²) < 4.78 is 13.1. The average Bonchev–Trinajstić information content (AvgIpc) is 2.20. The molecule has 1 heterocycles. The summed E-state index contributed by atoms with van der Waals surface area (Å²) in [6.45, 7) is 3.72. The Bertz CT molecular complexity index is 518. The highest BCUT2D eigenvalue weighted by atomic mass is 19.1. The van der Waals surface area contributed by atoms with Crippen molar-refractivity contribution < 1.29 is 4.39 Å². The normalized spacial score (nSPS) is 10.4. The molecule has 2 N–H and O–H groups in total. The quantitative estimate of drug-likeness (QED) is 0.798. The van der Waals surface area contributed by atoms with Gasteiger partial charge in [0.2, 0.25) is 0 Å². The third-order valence-electron chi connectivity index (χ3n) is 2.31. The van der Waals surface area contributed by atoms with E-state index in [9.17, 15) is 4.39 Å². The molecule has 1 aromatic carbocycles. The summed E-state index contributed by atoms with van der Waals surface area (Å²) in [5.74, 6) is 0.560. The standard InChI is InChI=1S/C12H12FN3/c1-7-3-4-9(13)6-10(7)12-15-8(2)5-11(14)16-12/h3-6H,1-2H3,(H2,14,15,16). The third kappa shape index (κ3) is 2.00. The molecular weight excluding hydrogens is 205 g/mol. The van der Waals surface area contributed by atoms with Crippen LogP contribution in [0.4, 0.5) is 10.2 Å². The number of benzene rings is 1. The van der Waals surface area contributed by atoms with Gasteiger partial charge in [-0.25, -0.2) is 14.4 Å². The second-order valence-electron chi connectivity index (χ2n) is 3.72. The van der Waals surface area contributed by atoms with E-state index in [0.29, 0.717) is 17.2 Å². The van der Waals surface area contributed by atoms with Crippen molar-refractivity contribution in [1.29, 1.82) is 0 Å². The van der Waals surface area contributed by atoms with Crippen molar-refractivity contribution in [2.45, 2.75) is 13.8 Å². The van der Waals surface area contributed by atoms with E-state index in [-0.39, 0.29) is 5.82 Å². The minimum Gasteiger partial charge on any atom is -0.384 e. The number of nitrogen functional groups attached to an aromatic ring is 1. The molecule has 0 radical (unpaired) electrons. The van der Waals surface area contributed by atoms with Gasteiger partial charge in [-0.1, -0.05) is 6.07 Å². The largest absolute Gasteiger partial charge is 0.384 e. The molecule has 0 aliphatic heterocycles. The lowest BCUT2D eigenvalue weighted by Gasteiger charge is -2.06. The summed E-state index contributed by atoms with van der Waals surface area (Å²) in [6.07, 6.45) is 0. The Kier molecular flexibility index (Phi) is 2.56. The molecule has 0 aliphatic rings. The Labute approximate surface area is 93.2 Å². The van der Waals surface area contributed by atoms with Gasteiger partial charge in [0.25, 0.3) is 0 Å². The number of anilines is 1. The van der Waals surface area contributed by atoms with Crippen LogP contribution in [0.15, 0.2) is 24.3 Å². The lowest BCUT2D eigenvalue weighted by atomic mass is 10.1. The molecule has 0 bridgehead atoms. The predicted molar refractivity (Wildman–Crippen MR) is 61.3 cm³/mol. The summed E-state index contributed by atoms with van der Waals surface area (Å²) in [5, 5.41) is 0. The van der Waals surface area contributed by atoms with Crippen LogP contribution < -0.4 is 5.73 Å². The third-order valence-corrected chi connectivity index (χ3v) is 2.31. The minimum absolute atomic E-state index is 0.302. The molecular formula is C12H12FN3. The number of hydrogen-bond acceptors (Lipinski definition) is 3. The first-order valence-corrected chi connectivity index (χ1v) is 4.94. The molecule has 0 atom stereocenters. The van der Waals surface area contributed by atoms with Crippen molar-refractivity contribution >= 4 is 5.82 Å². The molecule has 16 heavy (non-hydrogen) atoms. The van der Waals surface area contributed by atoms with Crippen molar-refractivity contribution in [3.05, 3.63) is 41.3 Å². The maximum Gasteiger partial charge on any atom is 0.162 e. The van der Waals surface area contributed by atoms with Gasteiger partial charge in [-0.15, -0.1) is 0 Å². The van der Waals surface area contributed by atoms with Crippen molar-refractivity contribution in [2.24, 2.45) is 0 Å². The number of aromatic nitrogens is 2. The van der Waals surface area contributed by atoms with Crippen LogP contribution in [0.2, 0.25) is 0 Å². The zero-order valence-electron chi connectivity index (χ0n) is 9.16. The van der Waals surface area contributed by atoms with Crippen LogP contribution in [0.1, 0.15) is 11.3 Å². The van der Waals surface area contributed by atoms with E-state index < -0.39 is 0 Å². The lowest BCUT2D eigenvalue weighted by Crippen LogP contribution is -1.99. The van der Waals surface area contributed by atoms with E-state index in [1.165, 1.54) is 12.1 Å². The van der Waals surface area contributed by atoms with Gasteiger partial charge in [-0.05, 0) is 31.5 Å². The van der Waals surface area contributed by atoms with Gasteiger partial charge < -0.3 is 5.73 Å².